The Bertz CT molecular complexity index is 1320. The fourth-order valence-corrected chi connectivity index (χ4v) is 4.98. The van der Waals surface area contributed by atoms with Gasteiger partial charge >= 0.3 is 0 Å². The largest absolute Gasteiger partial charge is 0.511 e. The highest BCUT2D eigenvalue weighted by Gasteiger charge is 2.33. The summed E-state index contributed by atoms with van der Waals surface area (Å²) in [6, 6.07) is 17.7. The third-order valence-electron chi connectivity index (χ3n) is 6.82. The normalized spacial score (nSPS) is 20.7. The van der Waals surface area contributed by atoms with E-state index in [1.807, 2.05) is 61.5 Å². The molecule has 2 aromatic carbocycles. The second kappa shape index (κ2) is 9.82. The molecule has 5 rings (SSSR count). The second-order valence-corrected chi connectivity index (χ2v) is 9.36. The predicted octanol–water partition coefficient (Wildman–Crippen LogP) is 6.17. The molecule has 3 aromatic rings. The van der Waals surface area contributed by atoms with E-state index in [0.717, 1.165) is 16.8 Å². The number of aromatic nitrogens is 1. The average Bonchev–Trinajstić information content (AvgIpc) is 3.28. The van der Waals surface area contributed by atoms with E-state index in [1.54, 1.807) is 0 Å². The van der Waals surface area contributed by atoms with Crippen LogP contribution in [0.1, 0.15) is 71.0 Å². The molecule has 1 saturated carbocycles. The van der Waals surface area contributed by atoms with Gasteiger partial charge in [-0.15, -0.1) is 0 Å². The quantitative estimate of drug-likeness (QED) is 0.357. The van der Waals surface area contributed by atoms with E-state index in [9.17, 15) is 14.7 Å². The molecular formula is C29H28N2O4. The highest BCUT2D eigenvalue weighted by molar-refractivity contribution is 6.24. The lowest BCUT2D eigenvalue weighted by Crippen LogP contribution is -2.21. The van der Waals surface area contributed by atoms with Crippen molar-refractivity contribution in [1.29, 1.82) is 0 Å². The maximum atomic E-state index is 13.0. The molecule has 0 bridgehead atoms. The maximum Gasteiger partial charge on any atom is 0.168 e. The topological polar surface area (TPSA) is 92.8 Å². The molecule has 0 saturated heterocycles. The molecule has 6 heteroatoms. The van der Waals surface area contributed by atoms with Gasteiger partial charge in [0.15, 0.2) is 11.6 Å². The zero-order chi connectivity index (χ0) is 24.4. The number of fused-ring (bicyclic) bond motifs is 1. The van der Waals surface area contributed by atoms with E-state index in [0.29, 0.717) is 66.8 Å². The van der Waals surface area contributed by atoms with Crippen LogP contribution < -0.4 is 0 Å². The van der Waals surface area contributed by atoms with Crippen molar-refractivity contribution in [2.24, 2.45) is 4.99 Å². The summed E-state index contributed by atoms with van der Waals surface area (Å²) in [4.78, 5) is 30.4. The van der Waals surface area contributed by atoms with Crippen LogP contribution >= 0.6 is 0 Å². The summed E-state index contributed by atoms with van der Waals surface area (Å²) in [6.07, 6.45) is 3.29. The molecule has 0 radical (unpaired) electrons. The van der Waals surface area contributed by atoms with Crippen molar-refractivity contribution in [2.45, 2.75) is 57.8 Å². The lowest BCUT2D eigenvalue weighted by atomic mass is 9.81. The Morgan fingerprint density at radius 1 is 1.03 bits per heavy atom. The van der Waals surface area contributed by atoms with Crippen molar-refractivity contribution in [3.63, 3.8) is 0 Å². The number of nitrogens with zero attached hydrogens (tertiary/aromatic N) is 2. The third-order valence-corrected chi connectivity index (χ3v) is 6.82. The number of aliphatic imine (C=N–C) groups is 1. The number of allylic oxidation sites excluding steroid dienone is 2. The standard InChI is InChI=1S/C29H28N2O4/c1-18-10-12-21(13-11-18)30-22-8-5-9-24(32)28(22)25(33)15-14-23-29-26(34)16-20(17-27(29)35-31-23)19-6-3-2-4-7-19/h2-4,6-7,10-13,20,33H,5,8-9,14-17H2,1H3/b28-25+,30-22?. The summed E-state index contributed by atoms with van der Waals surface area (Å²) >= 11 is 0. The van der Waals surface area contributed by atoms with Gasteiger partial charge in [0.1, 0.15) is 11.5 Å². The lowest BCUT2D eigenvalue weighted by molar-refractivity contribution is -0.115. The number of aliphatic hydroxyl groups is 1. The van der Waals surface area contributed by atoms with Crippen LogP contribution in [-0.4, -0.2) is 27.5 Å². The number of carbonyl (C=O) groups is 2. The van der Waals surface area contributed by atoms with Gasteiger partial charge in [-0.1, -0.05) is 53.2 Å². The molecular weight excluding hydrogens is 440 g/mol. The molecule has 1 fully saturated rings. The Kier molecular flexibility index (Phi) is 6.45. The summed E-state index contributed by atoms with van der Waals surface area (Å²) in [5.74, 6) is 0.603. The fourth-order valence-electron chi connectivity index (χ4n) is 4.98. The molecule has 35 heavy (non-hydrogen) atoms. The summed E-state index contributed by atoms with van der Waals surface area (Å²) in [7, 11) is 0. The Hall–Kier alpha value is -3.80. The number of carbonyl (C=O) groups excluding carboxylic acids is 2. The number of hydrogen-bond donors (Lipinski definition) is 1. The van der Waals surface area contributed by atoms with Crippen molar-refractivity contribution >= 4 is 23.0 Å². The van der Waals surface area contributed by atoms with Gasteiger partial charge in [0, 0.05) is 32.1 Å². The van der Waals surface area contributed by atoms with Crippen molar-refractivity contribution in [2.75, 3.05) is 0 Å². The molecule has 0 amide bonds. The molecule has 1 N–H and O–H groups in total. The van der Waals surface area contributed by atoms with Crippen molar-refractivity contribution in [3.05, 3.63) is 94.1 Å². The zero-order valence-corrected chi connectivity index (χ0v) is 19.8. The maximum absolute atomic E-state index is 13.0. The molecule has 2 aliphatic carbocycles. The number of hydrogen-bond acceptors (Lipinski definition) is 6. The van der Waals surface area contributed by atoms with Crippen LogP contribution in [0.3, 0.4) is 0 Å². The van der Waals surface area contributed by atoms with Crippen molar-refractivity contribution in [1.82, 2.24) is 5.16 Å². The van der Waals surface area contributed by atoms with Gasteiger partial charge in [-0.25, -0.2) is 0 Å². The van der Waals surface area contributed by atoms with E-state index in [1.165, 1.54) is 0 Å². The van der Waals surface area contributed by atoms with Gasteiger partial charge in [-0.2, -0.15) is 0 Å². The fraction of sp³-hybridized carbons (Fsp3) is 0.310. The van der Waals surface area contributed by atoms with Crippen LogP contribution in [0, 0.1) is 6.92 Å². The van der Waals surface area contributed by atoms with E-state index < -0.39 is 0 Å². The highest BCUT2D eigenvalue weighted by atomic mass is 16.5. The van der Waals surface area contributed by atoms with Gasteiger partial charge in [-0.3, -0.25) is 14.6 Å². The van der Waals surface area contributed by atoms with E-state index in [-0.39, 0.29) is 29.7 Å². The minimum Gasteiger partial charge on any atom is -0.511 e. The molecule has 6 nitrogen and oxygen atoms in total. The molecule has 178 valence electrons. The molecule has 0 aliphatic heterocycles. The number of aryl methyl sites for hydroxylation is 2. The van der Waals surface area contributed by atoms with Crippen molar-refractivity contribution < 1.29 is 19.2 Å². The first-order chi connectivity index (χ1) is 17.0. The minimum absolute atomic E-state index is 0.00253. The van der Waals surface area contributed by atoms with Gasteiger partial charge in [0.25, 0.3) is 0 Å². The molecule has 1 atom stereocenters. The average molecular weight is 469 g/mol. The Morgan fingerprint density at radius 2 is 1.80 bits per heavy atom. The van der Waals surface area contributed by atoms with Crippen LogP contribution in [0.15, 0.2) is 75.4 Å². The second-order valence-electron chi connectivity index (χ2n) is 9.36. The smallest absolute Gasteiger partial charge is 0.168 e. The highest BCUT2D eigenvalue weighted by Crippen LogP contribution is 2.35. The van der Waals surface area contributed by atoms with E-state index in [4.69, 9.17) is 4.52 Å². The zero-order valence-electron chi connectivity index (χ0n) is 19.8. The van der Waals surface area contributed by atoms with Crippen LogP contribution in [0.5, 0.6) is 0 Å². The summed E-state index contributed by atoms with van der Waals surface area (Å²) in [5, 5.41) is 15.1. The number of aliphatic hydroxyl groups excluding tert-OH is 1. The molecule has 0 spiro atoms. The SMILES string of the molecule is Cc1ccc(N=C2CCCC(=O)/C2=C(/O)CCc2noc3c2C(=O)CC(c2ccccc2)C3)cc1. The first kappa shape index (κ1) is 23.0. The Balaban J connectivity index is 1.36. The van der Waals surface area contributed by atoms with Gasteiger partial charge in [0.05, 0.1) is 28.2 Å². The summed E-state index contributed by atoms with van der Waals surface area (Å²) in [5.41, 5.74) is 5.02. The Morgan fingerprint density at radius 3 is 2.57 bits per heavy atom. The summed E-state index contributed by atoms with van der Waals surface area (Å²) in [6.45, 7) is 2.01. The predicted molar refractivity (Wildman–Crippen MR) is 133 cm³/mol. The minimum atomic E-state index is -0.0939. The molecule has 1 aromatic heterocycles. The van der Waals surface area contributed by atoms with Crippen LogP contribution in [0.4, 0.5) is 5.69 Å². The number of Topliss-reactive ketones (excluding diaryl/α,β-unsaturated/α-hetero) is 2. The van der Waals surface area contributed by atoms with E-state index >= 15 is 0 Å². The Labute approximate surface area is 204 Å². The first-order valence-corrected chi connectivity index (χ1v) is 12.1. The van der Waals surface area contributed by atoms with Crippen LogP contribution in [0.2, 0.25) is 0 Å². The summed E-state index contributed by atoms with van der Waals surface area (Å²) < 4.78 is 5.56. The number of benzene rings is 2. The number of rotatable bonds is 5. The molecule has 2 aliphatic rings. The van der Waals surface area contributed by atoms with E-state index in [2.05, 4.69) is 10.1 Å². The van der Waals surface area contributed by atoms with Gasteiger partial charge < -0.3 is 9.63 Å². The molecule has 1 heterocycles. The molecule has 1 unspecified atom stereocenters. The van der Waals surface area contributed by atoms with Gasteiger partial charge in [-0.05, 0) is 43.4 Å². The van der Waals surface area contributed by atoms with Gasteiger partial charge in [0.2, 0.25) is 0 Å². The lowest BCUT2D eigenvalue weighted by Gasteiger charge is -2.20. The third kappa shape index (κ3) is 4.87. The van der Waals surface area contributed by atoms with Crippen molar-refractivity contribution in [3.8, 4) is 0 Å². The first-order valence-electron chi connectivity index (χ1n) is 12.1. The monoisotopic (exact) mass is 468 g/mol. The van der Waals surface area contributed by atoms with Crippen LogP contribution in [-0.2, 0) is 17.6 Å². The van der Waals surface area contributed by atoms with Crippen LogP contribution in [0.25, 0.3) is 0 Å². The number of ketones is 2.